The molecule has 1 aromatic rings. The molecule has 2 rings (SSSR count). The zero-order chi connectivity index (χ0) is 12.8. The Morgan fingerprint density at radius 3 is 2.61 bits per heavy atom. The highest BCUT2D eigenvalue weighted by Crippen LogP contribution is 2.29. The van der Waals surface area contributed by atoms with Gasteiger partial charge in [-0.15, -0.1) is 0 Å². The molecule has 1 saturated carbocycles. The Kier molecular flexibility index (Phi) is 5.26. The first kappa shape index (κ1) is 13.6. The van der Waals surface area contributed by atoms with E-state index >= 15 is 0 Å². The van der Waals surface area contributed by atoms with Crippen molar-refractivity contribution in [1.29, 1.82) is 0 Å². The summed E-state index contributed by atoms with van der Waals surface area (Å²) in [7, 11) is 0. The second-order valence-corrected chi connectivity index (χ2v) is 5.26. The minimum absolute atomic E-state index is 0.0133. The van der Waals surface area contributed by atoms with E-state index < -0.39 is 0 Å². The molecule has 0 radical (unpaired) electrons. The summed E-state index contributed by atoms with van der Waals surface area (Å²) in [6, 6.07) is 3.89. The Morgan fingerprint density at radius 2 is 2.06 bits per heavy atom. The van der Waals surface area contributed by atoms with Crippen molar-refractivity contribution in [2.24, 2.45) is 5.73 Å². The predicted molar refractivity (Wildman–Crippen MR) is 72.3 cm³/mol. The van der Waals surface area contributed by atoms with Gasteiger partial charge in [0, 0.05) is 6.04 Å². The molecule has 2 atom stereocenters. The highest BCUT2D eigenvalue weighted by atomic mass is 16.5. The number of hydrogen-bond acceptors (Lipinski definition) is 3. The summed E-state index contributed by atoms with van der Waals surface area (Å²) in [6.45, 7) is 2.09. The Morgan fingerprint density at radius 1 is 1.33 bits per heavy atom. The van der Waals surface area contributed by atoms with Crippen molar-refractivity contribution >= 4 is 0 Å². The first-order valence-corrected chi connectivity index (χ1v) is 7.25. The van der Waals surface area contributed by atoms with Crippen LogP contribution in [0.25, 0.3) is 0 Å². The lowest BCUT2D eigenvalue weighted by molar-refractivity contribution is -0.0442. The number of hydrogen-bond donors (Lipinski definition) is 1. The van der Waals surface area contributed by atoms with Crippen LogP contribution in [0.5, 0.6) is 0 Å². The molecular formula is C15H25NO2. The van der Waals surface area contributed by atoms with Gasteiger partial charge in [-0.25, -0.2) is 0 Å². The third-order valence-electron chi connectivity index (χ3n) is 3.83. The Labute approximate surface area is 110 Å². The average molecular weight is 251 g/mol. The van der Waals surface area contributed by atoms with Gasteiger partial charge in [0.15, 0.2) is 0 Å². The Balaban J connectivity index is 2.00. The summed E-state index contributed by atoms with van der Waals surface area (Å²) >= 11 is 0. The van der Waals surface area contributed by atoms with Gasteiger partial charge in [-0.3, -0.25) is 0 Å². The average Bonchev–Trinajstić information content (AvgIpc) is 2.79. The molecule has 2 unspecified atom stereocenters. The fraction of sp³-hybridized carbons (Fsp3) is 0.733. The van der Waals surface area contributed by atoms with Gasteiger partial charge < -0.3 is 14.9 Å². The van der Waals surface area contributed by atoms with Crippen LogP contribution in [-0.2, 0) is 4.74 Å². The van der Waals surface area contributed by atoms with Crippen LogP contribution in [0.3, 0.4) is 0 Å². The SMILES string of the molecule is CCC(N)C(OC1CCCCCC1)c1ccco1. The highest BCUT2D eigenvalue weighted by Gasteiger charge is 2.26. The van der Waals surface area contributed by atoms with E-state index in [1.165, 1.54) is 25.7 Å². The maximum atomic E-state index is 6.25. The predicted octanol–water partition coefficient (Wildman–Crippen LogP) is 3.80. The molecule has 1 aliphatic rings. The number of rotatable bonds is 5. The molecule has 1 heterocycles. The number of ether oxygens (including phenoxy) is 1. The fourth-order valence-electron chi connectivity index (χ4n) is 2.63. The van der Waals surface area contributed by atoms with Gasteiger partial charge in [-0.1, -0.05) is 32.6 Å². The highest BCUT2D eigenvalue weighted by molar-refractivity contribution is 5.05. The summed E-state index contributed by atoms with van der Waals surface area (Å²) in [4.78, 5) is 0. The van der Waals surface area contributed by atoms with Gasteiger partial charge in [0.2, 0.25) is 0 Å². The number of furan rings is 1. The molecule has 18 heavy (non-hydrogen) atoms. The molecule has 1 fully saturated rings. The second-order valence-electron chi connectivity index (χ2n) is 5.26. The lowest BCUT2D eigenvalue weighted by atomic mass is 10.1. The lowest BCUT2D eigenvalue weighted by Gasteiger charge is -2.26. The number of nitrogens with two attached hydrogens (primary N) is 1. The van der Waals surface area contributed by atoms with E-state index in [2.05, 4.69) is 6.92 Å². The molecule has 1 aliphatic carbocycles. The van der Waals surface area contributed by atoms with Crippen LogP contribution in [0.2, 0.25) is 0 Å². The second kappa shape index (κ2) is 6.95. The lowest BCUT2D eigenvalue weighted by Crippen LogP contribution is -2.32. The third kappa shape index (κ3) is 3.59. The van der Waals surface area contributed by atoms with Crippen LogP contribution in [0.4, 0.5) is 0 Å². The van der Waals surface area contributed by atoms with E-state index in [9.17, 15) is 0 Å². The standard InChI is InChI=1S/C15H25NO2/c1-2-13(16)15(14-10-7-11-17-14)18-12-8-5-3-4-6-9-12/h7,10-13,15H,2-6,8-9,16H2,1H3. The molecule has 0 saturated heterocycles. The van der Waals surface area contributed by atoms with Crippen LogP contribution in [-0.4, -0.2) is 12.1 Å². The van der Waals surface area contributed by atoms with E-state index in [1.54, 1.807) is 6.26 Å². The van der Waals surface area contributed by atoms with Crippen molar-refractivity contribution in [1.82, 2.24) is 0 Å². The smallest absolute Gasteiger partial charge is 0.134 e. The molecule has 0 spiro atoms. The molecule has 0 amide bonds. The van der Waals surface area contributed by atoms with Gasteiger partial charge in [-0.05, 0) is 31.4 Å². The van der Waals surface area contributed by atoms with Gasteiger partial charge in [-0.2, -0.15) is 0 Å². The van der Waals surface area contributed by atoms with Crippen molar-refractivity contribution in [2.75, 3.05) is 0 Å². The third-order valence-corrected chi connectivity index (χ3v) is 3.83. The van der Waals surface area contributed by atoms with Crippen LogP contribution < -0.4 is 5.73 Å². The van der Waals surface area contributed by atoms with E-state index in [0.29, 0.717) is 6.10 Å². The summed E-state index contributed by atoms with van der Waals surface area (Å²) in [6.07, 6.45) is 10.4. The van der Waals surface area contributed by atoms with Crippen LogP contribution in [0.15, 0.2) is 22.8 Å². The first-order valence-electron chi connectivity index (χ1n) is 7.25. The van der Waals surface area contributed by atoms with E-state index in [1.807, 2.05) is 12.1 Å². The zero-order valence-corrected chi connectivity index (χ0v) is 11.3. The largest absolute Gasteiger partial charge is 0.467 e. The first-order chi connectivity index (χ1) is 8.81. The van der Waals surface area contributed by atoms with Gasteiger partial charge in [0.1, 0.15) is 11.9 Å². The minimum atomic E-state index is -0.0897. The Bertz CT molecular complexity index is 315. The van der Waals surface area contributed by atoms with E-state index in [-0.39, 0.29) is 12.1 Å². The summed E-state index contributed by atoms with van der Waals surface area (Å²) in [5, 5.41) is 0. The van der Waals surface area contributed by atoms with Crippen LogP contribution >= 0.6 is 0 Å². The fourth-order valence-corrected chi connectivity index (χ4v) is 2.63. The minimum Gasteiger partial charge on any atom is -0.467 e. The molecule has 0 bridgehead atoms. The Hall–Kier alpha value is -0.800. The topological polar surface area (TPSA) is 48.4 Å². The summed E-state index contributed by atoms with van der Waals surface area (Å²) < 4.78 is 11.7. The van der Waals surface area contributed by atoms with Gasteiger partial charge in [0.05, 0.1) is 12.4 Å². The van der Waals surface area contributed by atoms with Crippen molar-refractivity contribution in [3.05, 3.63) is 24.2 Å². The van der Waals surface area contributed by atoms with Crippen molar-refractivity contribution in [2.45, 2.75) is 70.1 Å². The van der Waals surface area contributed by atoms with Crippen LogP contribution in [0.1, 0.15) is 63.7 Å². The monoisotopic (exact) mass is 251 g/mol. The molecule has 3 heteroatoms. The molecule has 0 aromatic carbocycles. The van der Waals surface area contributed by atoms with E-state index in [4.69, 9.17) is 14.9 Å². The van der Waals surface area contributed by atoms with Crippen molar-refractivity contribution in [3.63, 3.8) is 0 Å². The van der Waals surface area contributed by atoms with Gasteiger partial charge in [0.25, 0.3) is 0 Å². The molecule has 2 N–H and O–H groups in total. The maximum absolute atomic E-state index is 6.25. The van der Waals surface area contributed by atoms with Crippen molar-refractivity contribution in [3.8, 4) is 0 Å². The molecule has 102 valence electrons. The van der Waals surface area contributed by atoms with E-state index in [0.717, 1.165) is 25.0 Å². The molecule has 1 aromatic heterocycles. The summed E-state index contributed by atoms with van der Waals surface area (Å²) in [5.74, 6) is 0.869. The maximum Gasteiger partial charge on any atom is 0.134 e. The molecular weight excluding hydrogens is 226 g/mol. The quantitative estimate of drug-likeness (QED) is 0.810. The van der Waals surface area contributed by atoms with Crippen LogP contribution in [0, 0.1) is 0 Å². The normalized spacial score (nSPS) is 21.4. The zero-order valence-electron chi connectivity index (χ0n) is 11.3. The molecule has 0 aliphatic heterocycles. The van der Waals surface area contributed by atoms with Crippen molar-refractivity contribution < 1.29 is 9.15 Å². The summed E-state index contributed by atoms with van der Waals surface area (Å²) in [5.41, 5.74) is 6.18. The van der Waals surface area contributed by atoms with Gasteiger partial charge >= 0.3 is 0 Å². The molecule has 3 nitrogen and oxygen atoms in total.